The number of ether oxygens (including phenoxy) is 1. The second kappa shape index (κ2) is 7.10. The van der Waals surface area contributed by atoms with Gasteiger partial charge in [-0.3, -0.25) is 4.68 Å². The molecule has 0 unspecified atom stereocenters. The van der Waals surface area contributed by atoms with Crippen molar-refractivity contribution in [3.8, 4) is 5.75 Å². The molecule has 0 atom stereocenters. The predicted octanol–water partition coefficient (Wildman–Crippen LogP) is 2.54. The lowest BCUT2D eigenvalue weighted by Crippen LogP contribution is -2.22. The number of nitrogens with one attached hydrogen (secondary N) is 1. The van der Waals surface area contributed by atoms with Crippen molar-refractivity contribution in [3.63, 3.8) is 0 Å². The monoisotopic (exact) mass is 273 g/mol. The molecule has 0 radical (unpaired) electrons. The zero-order chi connectivity index (χ0) is 14.4. The van der Waals surface area contributed by atoms with Crippen LogP contribution in [0.3, 0.4) is 0 Å². The van der Waals surface area contributed by atoms with E-state index < -0.39 is 0 Å². The first-order valence-electron chi connectivity index (χ1n) is 7.07. The Bertz CT molecular complexity index is 534. The van der Waals surface area contributed by atoms with Gasteiger partial charge in [-0.15, -0.1) is 0 Å². The van der Waals surface area contributed by atoms with Gasteiger partial charge in [0.2, 0.25) is 0 Å². The molecule has 4 nitrogen and oxygen atoms in total. The maximum atomic E-state index is 5.91. The van der Waals surface area contributed by atoms with Crippen molar-refractivity contribution < 1.29 is 4.74 Å². The summed E-state index contributed by atoms with van der Waals surface area (Å²) < 4.78 is 7.72. The first-order valence-corrected chi connectivity index (χ1v) is 7.07. The molecule has 1 aromatic heterocycles. The van der Waals surface area contributed by atoms with Gasteiger partial charge in [0, 0.05) is 37.8 Å². The van der Waals surface area contributed by atoms with Crippen molar-refractivity contribution in [2.75, 3.05) is 6.61 Å². The molecule has 0 aliphatic heterocycles. The number of para-hydroxylation sites is 1. The van der Waals surface area contributed by atoms with Gasteiger partial charge in [-0.25, -0.2) is 0 Å². The van der Waals surface area contributed by atoms with Gasteiger partial charge >= 0.3 is 0 Å². The Morgan fingerprint density at radius 2 is 2.10 bits per heavy atom. The van der Waals surface area contributed by atoms with E-state index in [1.807, 2.05) is 42.3 Å². The van der Waals surface area contributed by atoms with Gasteiger partial charge in [-0.05, 0) is 11.6 Å². The van der Waals surface area contributed by atoms with E-state index in [1.165, 1.54) is 11.1 Å². The largest absolute Gasteiger partial charge is 0.493 e. The van der Waals surface area contributed by atoms with E-state index in [2.05, 4.69) is 30.3 Å². The lowest BCUT2D eigenvalue weighted by Gasteiger charge is -2.13. The third-order valence-corrected chi connectivity index (χ3v) is 3.08. The van der Waals surface area contributed by atoms with Gasteiger partial charge in [0.15, 0.2) is 0 Å². The SMILES string of the molecule is CC(C)NCc1ccccc1OCCc1cnn(C)c1. The molecule has 0 aliphatic carbocycles. The van der Waals surface area contributed by atoms with Gasteiger partial charge in [0.1, 0.15) is 5.75 Å². The number of benzene rings is 1. The molecular formula is C16H23N3O. The predicted molar refractivity (Wildman–Crippen MR) is 80.8 cm³/mol. The summed E-state index contributed by atoms with van der Waals surface area (Å²) in [6, 6.07) is 8.66. The number of hydrogen-bond donors (Lipinski definition) is 1. The first-order chi connectivity index (χ1) is 9.65. The van der Waals surface area contributed by atoms with Crippen molar-refractivity contribution >= 4 is 0 Å². The van der Waals surface area contributed by atoms with Crippen LogP contribution in [0.5, 0.6) is 5.75 Å². The molecule has 0 fully saturated rings. The molecule has 0 bridgehead atoms. The zero-order valence-corrected chi connectivity index (χ0v) is 12.5. The van der Waals surface area contributed by atoms with Crippen molar-refractivity contribution in [1.82, 2.24) is 15.1 Å². The summed E-state index contributed by atoms with van der Waals surface area (Å²) in [5, 5.41) is 7.58. The molecule has 1 aromatic carbocycles. The summed E-state index contributed by atoms with van der Waals surface area (Å²) in [5.74, 6) is 0.963. The van der Waals surface area contributed by atoms with E-state index in [0.717, 1.165) is 18.7 Å². The quantitative estimate of drug-likeness (QED) is 0.842. The summed E-state index contributed by atoms with van der Waals surface area (Å²) in [6.45, 7) is 5.79. The topological polar surface area (TPSA) is 39.1 Å². The van der Waals surface area contributed by atoms with Gasteiger partial charge in [0.25, 0.3) is 0 Å². The van der Waals surface area contributed by atoms with E-state index in [1.54, 1.807) is 0 Å². The molecule has 0 saturated carbocycles. The van der Waals surface area contributed by atoms with E-state index in [9.17, 15) is 0 Å². The van der Waals surface area contributed by atoms with Crippen LogP contribution in [0.4, 0.5) is 0 Å². The third-order valence-electron chi connectivity index (χ3n) is 3.08. The minimum absolute atomic E-state index is 0.471. The van der Waals surface area contributed by atoms with E-state index in [4.69, 9.17) is 4.74 Å². The molecule has 2 aromatic rings. The normalized spacial score (nSPS) is 11.0. The lowest BCUT2D eigenvalue weighted by molar-refractivity contribution is 0.317. The maximum Gasteiger partial charge on any atom is 0.123 e. The highest BCUT2D eigenvalue weighted by atomic mass is 16.5. The highest BCUT2D eigenvalue weighted by molar-refractivity contribution is 5.33. The van der Waals surface area contributed by atoms with Gasteiger partial charge in [0.05, 0.1) is 12.8 Å². The molecule has 0 amide bonds. The summed E-state index contributed by atoms with van der Waals surface area (Å²) >= 11 is 0. The fourth-order valence-corrected chi connectivity index (χ4v) is 1.98. The molecule has 4 heteroatoms. The summed E-state index contributed by atoms with van der Waals surface area (Å²) in [5.41, 5.74) is 2.40. The fourth-order valence-electron chi connectivity index (χ4n) is 1.98. The van der Waals surface area contributed by atoms with Gasteiger partial charge < -0.3 is 10.1 Å². The molecule has 108 valence electrons. The number of rotatable bonds is 7. The number of nitrogens with zero attached hydrogens (tertiary/aromatic N) is 2. The standard InChI is InChI=1S/C16H23N3O/c1-13(2)17-11-15-6-4-5-7-16(15)20-9-8-14-10-18-19(3)12-14/h4-7,10,12-13,17H,8-9,11H2,1-3H3. The Morgan fingerprint density at radius 3 is 2.80 bits per heavy atom. The van der Waals surface area contributed by atoms with Crippen LogP contribution in [0, 0.1) is 0 Å². The van der Waals surface area contributed by atoms with Gasteiger partial charge in [-0.1, -0.05) is 32.0 Å². The maximum absolute atomic E-state index is 5.91. The van der Waals surface area contributed by atoms with Crippen LogP contribution in [-0.2, 0) is 20.0 Å². The molecule has 0 spiro atoms. The highest BCUT2D eigenvalue weighted by Gasteiger charge is 2.04. The Kier molecular flexibility index (Phi) is 5.18. The van der Waals surface area contributed by atoms with Crippen LogP contribution in [0.2, 0.25) is 0 Å². The Balaban J connectivity index is 1.88. The molecule has 2 rings (SSSR count). The van der Waals surface area contributed by atoms with Crippen LogP contribution < -0.4 is 10.1 Å². The zero-order valence-electron chi connectivity index (χ0n) is 12.5. The first kappa shape index (κ1) is 14.6. The molecule has 0 aliphatic rings. The molecule has 1 heterocycles. The van der Waals surface area contributed by atoms with Crippen LogP contribution in [-0.4, -0.2) is 22.4 Å². The summed E-state index contributed by atoms with van der Waals surface area (Å²) in [6.07, 6.45) is 4.78. The fraction of sp³-hybridized carbons (Fsp3) is 0.438. The molecular weight excluding hydrogens is 250 g/mol. The van der Waals surface area contributed by atoms with Crippen molar-refractivity contribution in [3.05, 3.63) is 47.8 Å². The van der Waals surface area contributed by atoms with Crippen LogP contribution >= 0.6 is 0 Å². The number of aromatic nitrogens is 2. The minimum atomic E-state index is 0.471. The molecule has 20 heavy (non-hydrogen) atoms. The van der Waals surface area contributed by atoms with Crippen LogP contribution in [0.25, 0.3) is 0 Å². The smallest absolute Gasteiger partial charge is 0.123 e. The van der Waals surface area contributed by atoms with Crippen LogP contribution in [0.1, 0.15) is 25.0 Å². The van der Waals surface area contributed by atoms with Gasteiger partial charge in [-0.2, -0.15) is 5.10 Å². The summed E-state index contributed by atoms with van der Waals surface area (Å²) in [7, 11) is 1.93. The van der Waals surface area contributed by atoms with Crippen molar-refractivity contribution in [2.24, 2.45) is 7.05 Å². The van der Waals surface area contributed by atoms with E-state index in [-0.39, 0.29) is 0 Å². The van der Waals surface area contributed by atoms with Crippen molar-refractivity contribution in [1.29, 1.82) is 0 Å². The Hall–Kier alpha value is -1.81. The Morgan fingerprint density at radius 1 is 1.30 bits per heavy atom. The molecule has 1 N–H and O–H groups in total. The number of aryl methyl sites for hydroxylation is 1. The summed E-state index contributed by atoms with van der Waals surface area (Å²) in [4.78, 5) is 0. The lowest BCUT2D eigenvalue weighted by atomic mass is 10.2. The Labute approximate surface area is 120 Å². The van der Waals surface area contributed by atoms with E-state index >= 15 is 0 Å². The molecule has 0 saturated heterocycles. The third kappa shape index (κ3) is 4.38. The average Bonchev–Trinajstić information content (AvgIpc) is 2.83. The minimum Gasteiger partial charge on any atom is -0.493 e. The van der Waals surface area contributed by atoms with Crippen molar-refractivity contribution in [2.45, 2.75) is 32.9 Å². The van der Waals surface area contributed by atoms with Crippen LogP contribution in [0.15, 0.2) is 36.7 Å². The number of hydrogen-bond acceptors (Lipinski definition) is 3. The second-order valence-corrected chi connectivity index (χ2v) is 5.26. The second-order valence-electron chi connectivity index (χ2n) is 5.26. The highest BCUT2D eigenvalue weighted by Crippen LogP contribution is 2.18. The van der Waals surface area contributed by atoms with E-state index in [0.29, 0.717) is 12.6 Å². The average molecular weight is 273 g/mol.